The summed E-state index contributed by atoms with van der Waals surface area (Å²) in [6.45, 7) is 3.75. The zero-order valence-electron chi connectivity index (χ0n) is 12.7. The minimum atomic E-state index is -0.303. The molecular formula is C17H24FNO2. The van der Waals surface area contributed by atoms with Crippen LogP contribution in [0.4, 0.5) is 4.39 Å². The molecular weight excluding hydrogens is 269 g/mol. The lowest BCUT2D eigenvalue weighted by atomic mass is 9.99. The Balaban J connectivity index is 1.66. The smallest absolute Gasteiger partial charge is 0.162 e. The number of ether oxygens (including phenoxy) is 1. The van der Waals surface area contributed by atoms with Gasteiger partial charge in [-0.3, -0.25) is 4.79 Å². The number of hydrogen-bond acceptors (Lipinski definition) is 3. The number of nitrogens with zero attached hydrogens (tertiary/aromatic N) is 1. The summed E-state index contributed by atoms with van der Waals surface area (Å²) in [5, 5.41) is 0. The second-order valence-corrected chi connectivity index (χ2v) is 5.85. The van der Waals surface area contributed by atoms with Crippen molar-refractivity contribution in [2.24, 2.45) is 5.92 Å². The number of ketones is 1. The van der Waals surface area contributed by atoms with Gasteiger partial charge < -0.3 is 9.64 Å². The number of rotatable bonds is 7. The van der Waals surface area contributed by atoms with Crippen LogP contribution in [0.25, 0.3) is 0 Å². The van der Waals surface area contributed by atoms with Crippen LogP contribution >= 0.6 is 0 Å². The van der Waals surface area contributed by atoms with E-state index in [1.54, 1.807) is 12.1 Å². The lowest BCUT2D eigenvalue weighted by Gasteiger charge is -2.27. The Bertz CT molecular complexity index is 441. The van der Waals surface area contributed by atoms with Crippen LogP contribution in [-0.2, 0) is 4.74 Å². The second-order valence-electron chi connectivity index (χ2n) is 5.85. The summed E-state index contributed by atoms with van der Waals surface area (Å²) >= 11 is 0. The summed E-state index contributed by atoms with van der Waals surface area (Å²) in [5.41, 5.74) is 0.600. The summed E-state index contributed by atoms with van der Waals surface area (Å²) in [6, 6.07) is 5.79. The van der Waals surface area contributed by atoms with E-state index in [2.05, 4.69) is 11.9 Å². The standard InChI is InChI=1S/C17H24FNO2/c1-19(13-14-8-11-21-12-9-14)10-2-3-17(20)15-4-6-16(18)7-5-15/h4-7,14H,2-3,8-13H2,1H3. The maximum absolute atomic E-state index is 12.8. The Kier molecular flexibility index (Phi) is 6.33. The number of carbonyl (C=O) groups is 1. The van der Waals surface area contributed by atoms with Crippen molar-refractivity contribution >= 4 is 5.78 Å². The van der Waals surface area contributed by atoms with E-state index in [1.165, 1.54) is 12.1 Å². The van der Waals surface area contributed by atoms with Gasteiger partial charge in [0.05, 0.1) is 0 Å². The van der Waals surface area contributed by atoms with Gasteiger partial charge in [0, 0.05) is 31.7 Å². The first kappa shape index (κ1) is 16.1. The summed E-state index contributed by atoms with van der Waals surface area (Å²) in [6.07, 6.45) is 3.64. The third-order valence-electron chi connectivity index (χ3n) is 4.02. The minimum Gasteiger partial charge on any atom is -0.381 e. The molecule has 1 aliphatic heterocycles. The van der Waals surface area contributed by atoms with E-state index in [0.717, 1.165) is 51.5 Å². The molecule has 0 radical (unpaired) electrons. The first-order valence-corrected chi connectivity index (χ1v) is 7.70. The molecule has 1 fully saturated rings. The third kappa shape index (κ3) is 5.56. The first-order chi connectivity index (χ1) is 10.1. The van der Waals surface area contributed by atoms with Crippen LogP contribution in [0.5, 0.6) is 0 Å². The van der Waals surface area contributed by atoms with Gasteiger partial charge in [0.25, 0.3) is 0 Å². The summed E-state index contributed by atoms with van der Waals surface area (Å²) in [7, 11) is 2.11. The molecule has 0 atom stereocenters. The number of halogens is 1. The van der Waals surface area contributed by atoms with Crippen LogP contribution in [0.15, 0.2) is 24.3 Å². The van der Waals surface area contributed by atoms with Gasteiger partial charge in [-0.1, -0.05) is 0 Å². The number of carbonyl (C=O) groups excluding carboxylic acids is 1. The minimum absolute atomic E-state index is 0.0921. The molecule has 0 N–H and O–H groups in total. The highest BCUT2D eigenvalue weighted by Gasteiger charge is 2.15. The van der Waals surface area contributed by atoms with Gasteiger partial charge in [-0.15, -0.1) is 0 Å². The van der Waals surface area contributed by atoms with Crippen molar-refractivity contribution in [3.63, 3.8) is 0 Å². The van der Waals surface area contributed by atoms with E-state index in [0.29, 0.717) is 12.0 Å². The van der Waals surface area contributed by atoms with Crippen molar-refractivity contribution in [1.82, 2.24) is 4.90 Å². The molecule has 1 aromatic carbocycles. The van der Waals surface area contributed by atoms with Crippen molar-refractivity contribution in [3.05, 3.63) is 35.6 Å². The van der Waals surface area contributed by atoms with Gasteiger partial charge in [-0.25, -0.2) is 4.39 Å². The van der Waals surface area contributed by atoms with Gasteiger partial charge in [0.1, 0.15) is 5.82 Å². The van der Waals surface area contributed by atoms with Gasteiger partial charge in [0.15, 0.2) is 5.78 Å². The highest BCUT2D eigenvalue weighted by atomic mass is 19.1. The Hall–Kier alpha value is -1.26. The lowest BCUT2D eigenvalue weighted by Crippen LogP contribution is -2.30. The molecule has 0 spiro atoms. The van der Waals surface area contributed by atoms with E-state index in [9.17, 15) is 9.18 Å². The highest BCUT2D eigenvalue weighted by molar-refractivity contribution is 5.95. The number of hydrogen-bond donors (Lipinski definition) is 0. The average molecular weight is 293 g/mol. The molecule has 1 aromatic rings. The van der Waals surface area contributed by atoms with Crippen LogP contribution < -0.4 is 0 Å². The molecule has 0 unspecified atom stereocenters. The van der Waals surface area contributed by atoms with Gasteiger partial charge in [-0.05, 0) is 63.0 Å². The van der Waals surface area contributed by atoms with Gasteiger partial charge >= 0.3 is 0 Å². The molecule has 4 heteroatoms. The monoisotopic (exact) mass is 293 g/mol. The van der Waals surface area contributed by atoms with Crippen LogP contribution in [-0.4, -0.2) is 44.0 Å². The van der Waals surface area contributed by atoms with E-state index < -0.39 is 0 Å². The third-order valence-corrected chi connectivity index (χ3v) is 4.02. The quantitative estimate of drug-likeness (QED) is 0.723. The lowest BCUT2D eigenvalue weighted by molar-refractivity contribution is 0.0555. The van der Waals surface area contributed by atoms with E-state index in [4.69, 9.17) is 4.74 Å². The average Bonchev–Trinajstić information content (AvgIpc) is 2.49. The molecule has 0 aromatic heterocycles. The van der Waals surface area contributed by atoms with Crippen molar-refractivity contribution in [1.29, 1.82) is 0 Å². The summed E-state index contributed by atoms with van der Waals surface area (Å²) < 4.78 is 18.2. The van der Waals surface area contributed by atoms with E-state index in [1.807, 2.05) is 0 Å². The second kappa shape index (κ2) is 8.25. The highest BCUT2D eigenvalue weighted by Crippen LogP contribution is 2.16. The number of Topliss-reactive ketones (excluding diaryl/α,β-unsaturated/α-hetero) is 1. The van der Waals surface area contributed by atoms with Crippen LogP contribution in [0, 0.1) is 11.7 Å². The van der Waals surface area contributed by atoms with Crippen LogP contribution in [0.1, 0.15) is 36.0 Å². The molecule has 3 nitrogen and oxygen atoms in total. The topological polar surface area (TPSA) is 29.5 Å². The largest absolute Gasteiger partial charge is 0.381 e. The fourth-order valence-corrected chi connectivity index (χ4v) is 2.75. The van der Waals surface area contributed by atoms with Crippen molar-refractivity contribution < 1.29 is 13.9 Å². The molecule has 0 amide bonds. The summed E-state index contributed by atoms with van der Waals surface area (Å²) in [5.74, 6) is 0.508. The number of benzene rings is 1. The maximum atomic E-state index is 12.8. The SMILES string of the molecule is CN(CCCC(=O)c1ccc(F)cc1)CC1CCOCC1. The Morgan fingerprint density at radius 1 is 1.29 bits per heavy atom. The van der Waals surface area contributed by atoms with Crippen molar-refractivity contribution in [2.75, 3.05) is 33.4 Å². The molecule has 1 saturated heterocycles. The zero-order chi connectivity index (χ0) is 15.1. The molecule has 0 bridgehead atoms. The molecule has 1 aliphatic rings. The zero-order valence-corrected chi connectivity index (χ0v) is 12.7. The van der Waals surface area contributed by atoms with Crippen LogP contribution in [0.3, 0.4) is 0 Å². The van der Waals surface area contributed by atoms with E-state index >= 15 is 0 Å². The molecule has 116 valence electrons. The van der Waals surface area contributed by atoms with Gasteiger partial charge in [0.2, 0.25) is 0 Å². The Morgan fingerprint density at radius 3 is 2.62 bits per heavy atom. The Labute approximate surface area is 126 Å². The molecule has 0 saturated carbocycles. The molecule has 0 aliphatic carbocycles. The normalized spacial score (nSPS) is 16.3. The van der Waals surface area contributed by atoms with Crippen LogP contribution in [0.2, 0.25) is 0 Å². The first-order valence-electron chi connectivity index (χ1n) is 7.70. The van der Waals surface area contributed by atoms with Gasteiger partial charge in [-0.2, -0.15) is 0 Å². The maximum Gasteiger partial charge on any atom is 0.162 e. The van der Waals surface area contributed by atoms with E-state index in [-0.39, 0.29) is 11.6 Å². The summed E-state index contributed by atoms with van der Waals surface area (Å²) in [4.78, 5) is 14.3. The fraction of sp³-hybridized carbons (Fsp3) is 0.588. The van der Waals surface area contributed by atoms with Crippen molar-refractivity contribution in [2.45, 2.75) is 25.7 Å². The molecule has 2 rings (SSSR count). The fourth-order valence-electron chi connectivity index (χ4n) is 2.75. The predicted octanol–water partition coefficient (Wildman–Crippen LogP) is 3.15. The molecule has 21 heavy (non-hydrogen) atoms. The van der Waals surface area contributed by atoms with Crippen molar-refractivity contribution in [3.8, 4) is 0 Å². The predicted molar refractivity (Wildman–Crippen MR) is 81.0 cm³/mol. The Morgan fingerprint density at radius 2 is 1.95 bits per heavy atom. The molecule has 1 heterocycles.